The average molecular weight is 250 g/mol. The average Bonchev–Trinajstić information content (AvgIpc) is 2.51. The molecule has 0 saturated carbocycles. The number of amides is 2. The maximum atomic E-state index is 13.8. The summed E-state index contributed by atoms with van der Waals surface area (Å²) >= 11 is 0. The van der Waals surface area contributed by atoms with Gasteiger partial charge >= 0.3 is 0 Å². The molecule has 2 amide bonds. The summed E-state index contributed by atoms with van der Waals surface area (Å²) in [6.45, 7) is 1.54. The number of halogens is 1. The van der Waals surface area contributed by atoms with Crippen molar-refractivity contribution < 1.29 is 18.8 Å². The highest BCUT2D eigenvalue weighted by atomic mass is 19.1. The minimum atomic E-state index is -0.823. The first kappa shape index (κ1) is 12.2. The number of Topliss-reactive ketones (excluding diaryl/α,β-unsaturated/α-hetero) is 1. The van der Waals surface area contributed by atoms with Crippen LogP contribution in [0.1, 0.15) is 22.3 Å². The number of nitrogens with two attached hydrogens (primary N) is 1. The number of hydrogen-bond acceptors (Lipinski definition) is 3. The number of benzene rings is 1. The van der Waals surface area contributed by atoms with Gasteiger partial charge in [-0.25, -0.2) is 4.39 Å². The Morgan fingerprint density at radius 2 is 2.06 bits per heavy atom. The summed E-state index contributed by atoms with van der Waals surface area (Å²) in [6, 6.07) is 2.70. The molecule has 0 aliphatic carbocycles. The van der Waals surface area contributed by atoms with Crippen LogP contribution >= 0.6 is 0 Å². The highest BCUT2D eigenvalue weighted by molar-refractivity contribution is 6.52. The number of hydrogen-bond donors (Lipinski definition) is 1. The van der Waals surface area contributed by atoms with E-state index in [1.54, 1.807) is 6.92 Å². The van der Waals surface area contributed by atoms with Crippen LogP contribution in [0.2, 0.25) is 0 Å². The summed E-state index contributed by atoms with van der Waals surface area (Å²) in [5.41, 5.74) is 5.52. The predicted molar refractivity (Wildman–Crippen MR) is 61.6 cm³/mol. The molecule has 1 aromatic rings. The fraction of sp³-hybridized carbons (Fsp3) is 0.250. The third-order valence-corrected chi connectivity index (χ3v) is 2.74. The Bertz CT molecular complexity index is 569. The largest absolute Gasteiger partial charge is 0.370 e. The van der Waals surface area contributed by atoms with Crippen molar-refractivity contribution in [1.82, 2.24) is 0 Å². The molecule has 0 aromatic heterocycles. The standard InChI is InChI=1S/C12H11FN2O3/c1-6-4-7-10(8(13)5-6)15(3-2-9(14)16)12(18)11(7)17/h4-5H,2-3H2,1H3,(H2,14,16). The first-order valence-corrected chi connectivity index (χ1v) is 5.36. The van der Waals surface area contributed by atoms with Gasteiger partial charge in [0.1, 0.15) is 5.82 Å². The molecular formula is C12H11FN2O3. The smallest absolute Gasteiger partial charge is 0.299 e. The second-order valence-corrected chi connectivity index (χ2v) is 4.15. The molecule has 0 radical (unpaired) electrons. The van der Waals surface area contributed by atoms with Gasteiger partial charge in [-0.15, -0.1) is 0 Å². The zero-order valence-corrected chi connectivity index (χ0v) is 9.70. The van der Waals surface area contributed by atoms with Crippen molar-refractivity contribution in [2.45, 2.75) is 13.3 Å². The molecule has 94 valence electrons. The number of carbonyl (C=O) groups excluding carboxylic acids is 3. The third-order valence-electron chi connectivity index (χ3n) is 2.74. The number of primary amides is 1. The molecule has 1 aromatic carbocycles. The highest BCUT2D eigenvalue weighted by Gasteiger charge is 2.38. The quantitative estimate of drug-likeness (QED) is 0.795. The van der Waals surface area contributed by atoms with Gasteiger partial charge in [-0.2, -0.15) is 0 Å². The van der Waals surface area contributed by atoms with Gasteiger partial charge in [-0.3, -0.25) is 14.4 Å². The van der Waals surface area contributed by atoms with E-state index in [0.29, 0.717) is 5.56 Å². The third kappa shape index (κ3) is 1.85. The Balaban J connectivity index is 2.45. The summed E-state index contributed by atoms with van der Waals surface area (Å²) < 4.78 is 13.8. The van der Waals surface area contributed by atoms with Gasteiger partial charge in [0.05, 0.1) is 11.3 Å². The first-order valence-electron chi connectivity index (χ1n) is 5.36. The van der Waals surface area contributed by atoms with Crippen molar-refractivity contribution in [2.75, 3.05) is 11.4 Å². The van der Waals surface area contributed by atoms with Gasteiger partial charge in [-0.1, -0.05) is 0 Å². The molecule has 1 aliphatic rings. The van der Waals surface area contributed by atoms with Gasteiger partial charge < -0.3 is 10.6 Å². The van der Waals surface area contributed by atoms with E-state index in [9.17, 15) is 18.8 Å². The number of ketones is 1. The number of nitrogens with zero attached hydrogens (tertiary/aromatic N) is 1. The van der Waals surface area contributed by atoms with E-state index in [0.717, 1.165) is 4.90 Å². The Kier molecular flexibility index (Phi) is 2.86. The SMILES string of the molecule is Cc1cc(F)c2c(c1)C(=O)C(=O)N2CCC(N)=O. The van der Waals surface area contributed by atoms with E-state index < -0.39 is 23.4 Å². The molecule has 6 heteroatoms. The summed E-state index contributed by atoms with van der Waals surface area (Å²) in [7, 11) is 0. The lowest BCUT2D eigenvalue weighted by molar-refractivity contribution is -0.118. The minimum Gasteiger partial charge on any atom is -0.370 e. The molecule has 2 rings (SSSR count). The molecule has 0 atom stereocenters. The second-order valence-electron chi connectivity index (χ2n) is 4.15. The lowest BCUT2D eigenvalue weighted by Gasteiger charge is -2.16. The van der Waals surface area contributed by atoms with Crippen LogP contribution in [0.3, 0.4) is 0 Å². The molecule has 2 N–H and O–H groups in total. The zero-order chi connectivity index (χ0) is 13.4. The van der Waals surface area contributed by atoms with Crippen molar-refractivity contribution in [3.63, 3.8) is 0 Å². The monoisotopic (exact) mass is 250 g/mol. The second kappa shape index (κ2) is 4.21. The molecule has 0 unspecified atom stereocenters. The first-order chi connectivity index (χ1) is 8.41. The summed E-state index contributed by atoms with van der Waals surface area (Å²) in [4.78, 5) is 35.0. The van der Waals surface area contributed by atoms with Crippen LogP contribution in [0.4, 0.5) is 10.1 Å². The summed E-state index contributed by atoms with van der Waals surface area (Å²) in [5, 5.41) is 0. The van der Waals surface area contributed by atoms with Crippen molar-refractivity contribution >= 4 is 23.3 Å². The Morgan fingerprint density at radius 1 is 1.39 bits per heavy atom. The van der Waals surface area contributed by atoms with Gasteiger partial charge in [0.25, 0.3) is 11.7 Å². The van der Waals surface area contributed by atoms with Gasteiger partial charge in [-0.05, 0) is 24.6 Å². The summed E-state index contributed by atoms with van der Waals surface area (Å²) in [6.07, 6.45) is -0.119. The zero-order valence-electron chi connectivity index (χ0n) is 9.70. The molecule has 5 nitrogen and oxygen atoms in total. The predicted octanol–water partition coefficient (Wildman–Crippen LogP) is 0.539. The van der Waals surface area contributed by atoms with Crippen LogP contribution in [-0.2, 0) is 9.59 Å². The topological polar surface area (TPSA) is 80.5 Å². The minimum absolute atomic E-state index is 0.0435. The molecule has 0 spiro atoms. The fourth-order valence-corrected chi connectivity index (χ4v) is 1.96. The maximum Gasteiger partial charge on any atom is 0.299 e. The molecule has 0 bridgehead atoms. The van der Waals surface area contributed by atoms with Crippen molar-refractivity contribution in [3.8, 4) is 0 Å². The Labute approximate surface area is 102 Å². The van der Waals surface area contributed by atoms with Crippen LogP contribution in [-0.4, -0.2) is 24.1 Å². The van der Waals surface area contributed by atoms with E-state index in [4.69, 9.17) is 5.73 Å². The van der Waals surface area contributed by atoms with Crippen molar-refractivity contribution in [1.29, 1.82) is 0 Å². The van der Waals surface area contributed by atoms with Crippen LogP contribution in [0, 0.1) is 12.7 Å². The van der Waals surface area contributed by atoms with Crippen LogP contribution in [0.5, 0.6) is 0 Å². The van der Waals surface area contributed by atoms with Gasteiger partial charge in [0.15, 0.2) is 0 Å². The normalized spacial score (nSPS) is 14.0. The van der Waals surface area contributed by atoms with E-state index in [-0.39, 0.29) is 24.2 Å². The van der Waals surface area contributed by atoms with E-state index in [1.807, 2.05) is 0 Å². The maximum absolute atomic E-state index is 13.8. The number of anilines is 1. The van der Waals surface area contributed by atoms with Crippen LogP contribution < -0.4 is 10.6 Å². The lowest BCUT2D eigenvalue weighted by Crippen LogP contribution is -2.33. The molecule has 1 heterocycles. The summed E-state index contributed by atoms with van der Waals surface area (Å²) in [5.74, 6) is -2.84. The van der Waals surface area contributed by atoms with E-state index >= 15 is 0 Å². The van der Waals surface area contributed by atoms with Crippen LogP contribution in [0.25, 0.3) is 0 Å². The molecule has 18 heavy (non-hydrogen) atoms. The molecular weight excluding hydrogens is 239 g/mol. The fourth-order valence-electron chi connectivity index (χ4n) is 1.96. The highest BCUT2D eigenvalue weighted by Crippen LogP contribution is 2.32. The number of carbonyl (C=O) groups is 3. The Hall–Kier alpha value is -2.24. The number of rotatable bonds is 3. The molecule has 0 fully saturated rings. The van der Waals surface area contributed by atoms with E-state index in [2.05, 4.69) is 0 Å². The van der Waals surface area contributed by atoms with Crippen LogP contribution in [0.15, 0.2) is 12.1 Å². The lowest BCUT2D eigenvalue weighted by atomic mass is 10.1. The Morgan fingerprint density at radius 3 is 2.67 bits per heavy atom. The van der Waals surface area contributed by atoms with Crippen molar-refractivity contribution in [2.24, 2.45) is 5.73 Å². The number of aryl methyl sites for hydroxylation is 1. The molecule has 0 saturated heterocycles. The van der Waals surface area contributed by atoms with E-state index in [1.165, 1.54) is 12.1 Å². The van der Waals surface area contributed by atoms with Gasteiger partial charge in [0, 0.05) is 13.0 Å². The number of fused-ring (bicyclic) bond motifs is 1. The molecule has 1 aliphatic heterocycles. The van der Waals surface area contributed by atoms with Gasteiger partial charge in [0.2, 0.25) is 5.91 Å². The van der Waals surface area contributed by atoms with Crippen molar-refractivity contribution in [3.05, 3.63) is 29.1 Å².